The van der Waals surface area contributed by atoms with Crippen LogP contribution >= 0.6 is 0 Å². The smallest absolute Gasteiger partial charge is 0.166 e. The molecule has 0 radical (unpaired) electrons. The number of likely N-dealkylation sites (tertiary alicyclic amines) is 1. The predicted molar refractivity (Wildman–Crippen MR) is 104 cm³/mol. The second-order valence-corrected chi connectivity index (χ2v) is 9.35. The zero-order chi connectivity index (χ0) is 19.5. The van der Waals surface area contributed by atoms with Gasteiger partial charge in [0.15, 0.2) is 11.5 Å². The first-order valence-corrected chi connectivity index (χ1v) is 10.3. The molecule has 2 fully saturated rings. The normalized spacial score (nSPS) is 44.2. The highest BCUT2D eigenvalue weighted by molar-refractivity contribution is 5.82. The van der Waals surface area contributed by atoms with Crippen LogP contribution in [-0.2, 0) is 21.4 Å². The molecular weight excluding hydrogens is 354 g/mol. The fraction of sp³-hybridized carbons (Fsp3) is 0.609. The first kappa shape index (κ1) is 17.0. The molecule has 2 heterocycles. The zero-order valence-electron chi connectivity index (χ0n) is 17.0. The summed E-state index contributed by atoms with van der Waals surface area (Å²) in [6, 6.07) is 4.62. The highest BCUT2D eigenvalue weighted by Crippen LogP contribution is 2.74. The van der Waals surface area contributed by atoms with Crippen molar-refractivity contribution in [1.82, 2.24) is 4.90 Å². The van der Waals surface area contributed by atoms with Crippen molar-refractivity contribution in [1.29, 1.82) is 0 Å². The minimum atomic E-state index is -0.716. The van der Waals surface area contributed by atoms with E-state index in [0.29, 0.717) is 6.04 Å². The van der Waals surface area contributed by atoms with E-state index in [1.807, 2.05) is 6.07 Å². The quantitative estimate of drug-likeness (QED) is 0.753. The van der Waals surface area contributed by atoms with E-state index in [-0.39, 0.29) is 28.6 Å². The van der Waals surface area contributed by atoms with Crippen molar-refractivity contribution in [2.75, 3.05) is 27.8 Å². The van der Waals surface area contributed by atoms with Crippen LogP contribution in [0.5, 0.6) is 11.5 Å². The molecule has 6 atom stereocenters. The molecule has 7 rings (SSSR count). The highest BCUT2D eigenvalue weighted by atomic mass is 16.6. The maximum absolute atomic E-state index is 12.8. The molecule has 5 heteroatoms. The van der Waals surface area contributed by atoms with Gasteiger partial charge in [0.2, 0.25) is 0 Å². The van der Waals surface area contributed by atoms with Crippen molar-refractivity contribution < 1.29 is 19.0 Å². The van der Waals surface area contributed by atoms with Crippen molar-refractivity contribution in [3.63, 3.8) is 0 Å². The van der Waals surface area contributed by atoms with Gasteiger partial charge in [0.1, 0.15) is 17.5 Å². The predicted octanol–water partition coefficient (Wildman–Crippen LogP) is 2.50. The van der Waals surface area contributed by atoms with Crippen molar-refractivity contribution in [2.24, 2.45) is 11.3 Å². The van der Waals surface area contributed by atoms with Crippen LogP contribution in [-0.4, -0.2) is 56.2 Å². The second kappa shape index (κ2) is 5.00. The molecule has 2 aliphatic heterocycles. The van der Waals surface area contributed by atoms with E-state index < -0.39 is 5.60 Å². The van der Waals surface area contributed by atoms with E-state index in [2.05, 4.69) is 30.2 Å². The molecule has 4 aliphatic carbocycles. The summed E-state index contributed by atoms with van der Waals surface area (Å²) in [6.07, 6.45) is 7.19. The van der Waals surface area contributed by atoms with Gasteiger partial charge in [0, 0.05) is 24.1 Å². The molecule has 28 heavy (non-hydrogen) atoms. The molecule has 1 aromatic rings. The Labute approximate surface area is 165 Å². The van der Waals surface area contributed by atoms with Crippen LogP contribution in [0.2, 0.25) is 0 Å². The van der Waals surface area contributed by atoms with Crippen molar-refractivity contribution in [3.8, 4) is 11.5 Å². The molecule has 1 saturated carbocycles. The standard InChI is InChI=1S/C23H27NO4/c1-13(25)15-12-21-7-8-23(15,27-4)20-22(21)9-10-24(2)17(21)11-14-5-6-16(26-3)19(28-20)18(14)22/h5-8,15,17,20H,9-12H2,1-4H3/t15-,17-,20?,21?,22+,23+/m1/s1. The van der Waals surface area contributed by atoms with E-state index in [0.717, 1.165) is 37.3 Å². The third-order valence-electron chi connectivity index (χ3n) is 8.77. The lowest BCUT2D eigenvalue weighted by molar-refractivity contribution is -0.212. The fourth-order valence-electron chi connectivity index (χ4n) is 7.67. The topological polar surface area (TPSA) is 48.0 Å². The number of hydrogen-bond donors (Lipinski definition) is 0. The summed E-state index contributed by atoms with van der Waals surface area (Å²) in [5.41, 5.74) is 1.72. The van der Waals surface area contributed by atoms with Gasteiger partial charge < -0.3 is 19.1 Å². The third kappa shape index (κ3) is 1.49. The van der Waals surface area contributed by atoms with Crippen LogP contribution < -0.4 is 9.47 Å². The lowest BCUT2D eigenvalue weighted by Gasteiger charge is -2.70. The van der Waals surface area contributed by atoms with E-state index in [9.17, 15) is 4.79 Å². The summed E-state index contributed by atoms with van der Waals surface area (Å²) in [5, 5.41) is 0. The average molecular weight is 381 g/mol. The van der Waals surface area contributed by atoms with E-state index in [4.69, 9.17) is 14.2 Å². The van der Waals surface area contributed by atoms with Crippen LogP contribution in [0, 0.1) is 11.3 Å². The number of carbonyl (C=O) groups is 1. The van der Waals surface area contributed by atoms with Crippen LogP contribution in [0.15, 0.2) is 24.3 Å². The summed E-state index contributed by atoms with van der Waals surface area (Å²) < 4.78 is 18.7. The second-order valence-electron chi connectivity index (χ2n) is 9.35. The first-order valence-electron chi connectivity index (χ1n) is 10.3. The maximum atomic E-state index is 12.8. The molecule has 4 bridgehead atoms. The Bertz CT molecular complexity index is 941. The summed E-state index contributed by atoms with van der Waals surface area (Å²) in [6.45, 7) is 2.74. The summed E-state index contributed by atoms with van der Waals surface area (Å²) in [4.78, 5) is 15.3. The number of likely N-dealkylation sites (N-methyl/N-ethyl adjacent to an activating group) is 1. The molecule has 1 aromatic carbocycles. The Morgan fingerprint density at radius 1 is 1.29 bits per heavy atom. The van der Waals surface area contributed by atoms with Gasteiger partial charge >= 0.3 is 0 Å². The Hall–Kier alpha value is -1.85. The minimum absolute atomic E-state index is 0.105. The molecular formula is C23H27NO4. The number of fused-ring (bicyclic) bond motifs is 1. The van der Waals surface area contributed by atoms with Crippen LogP contribution in [0.4, 0.5) is 0 Å². The number of benzene rings is 1. The van der Waals surface area contributed by atoms with Gasteiger partial charge in [-0.25, -0.2) is 0 Å². The molecule has 0 N–H and O–H groups in total. The number of carbonyl (C=O) groups excluding carboxylic acids is 1. The summed E-state index contributed by atoms with van der Waals surface area (Å²) in [5.74, 6) is 1.68. The molecule has 148 valence electrons. The van der Waals surface area contributed by atoms with Gasteiger partial charge in [-0.15, -0.1) is 0 Å². The van der Waals surface area contributed by atoms with Gasteiger partial charge in [-0.1, -0.05) is 18.2 Å². The summed E-state index contributed by atoms with van der Waals surface area (Å²) in [7, 11) is 5.67. The molecule has 2 unspecified atom stereocenters. The number of Topliss-reactive ketones (excluding diaryl/α,β-unsaturated/α-hetero) is 1. The Balaban J connectivity index is 1.72. The van der Waals surface area contributed by atoms with Gasteiger partial charge in [-0.2, -0.15) is 0 Å². The number of ketones is 1. The number of ether oxygens (including phenoxy) is 3. The van der Waals surface area contributed by atoms with Gasteiger partial charge in [0.05, 0.1) is 18.4 Å². The lowest BCUT2D eigenvalue weighted by atomic mass is 9.37. The number of nitrogens with zero attached hydrogens (tertiary/aromatic N) is 1. The molecule has 5 nitrogen and oxygen atoms in total. The first-order chi connectivity index (χ1) is 13.4. The van der Waals surface area contributed by atoms with E-state index >= 15 is 0 Å². The number of rotatable bonds is 3. The number of piperidine rings is 1. The largest absolute Gasteiger partial charge is 0.493 e. The lowest BCUT2D eigenvalue weighted by Crippen LogP contribution is -2.79. The highest BCUT2D eigenvalue weighted by Gasteiger charge is 2.79. The van der Waals surface area contributed by atoms with Crippen molar-refractivity contribution in [3.05, 3.63) is 35.4 Å². The van der Waals surface area contributed by atoms with E-state index in [1.165, 1.54) is 11.1 Å². The third-order valence-corrected chi connectivity index (χ3v) is 8.77. The monoisotopic (exact) mass is 381 g/mol. The molecule has 0 amide bonds. The van der Waals surface area contributed by atoms with Crippen molar-refractivity contribution in [2.45, 2.75) is 49.3 Å². The average Bonchev–Trinajstić information content (AvgIpc) is 3.07. The molecule has 1 saturated heterocycles. The SMILES string of the molecule is COc1ccc2c3c1OC1[C@]34CCN(C)[C@H](C2)C42C=C[C@]1(OC)[C@@H](C(C)=O)C2. The molecule has 6 aliphatic rings. The van der Waals surface area contributed by atoms with Crippen molar-refractivity contribution >= 4 is 5.78 Å². The Morgan fingerprint density at radius 3 is 2.82 bits per heavy atom. The Kier molecular flexibility index (Phi) is 3.05. The van der Waals surface area contributed by atoms with Gasteiger partial charge in [-0.3, -0.25) is 4.79 Å². The number of methoxy groups -OCH3 is 2. The Morgan fingerprint density at radius 2 is 2.11 bits per heavy atom. The molecule has 0 aromatic heterocycles. The number of hydrogen-bond acceptors (Lipinski definition) is 5. The van der Waals surface area contributed by atoms with Crippen LogP contribution in [0.25, 0.3) is 0 Å². The van der Waals surface area contributed by atoms with E-state index in [1.54, 1.807) is 21.1 Å². The minimum Gasteiger partial charge on any atom is -0.493 e. The van der Waals surface area contributed by atoms with Gasteiger partial charge in [0.25, 0.3) is 0 Å². The summed E-state index contributed by atoms with van der Waals surface area (Å²) >= 11 is 0. The van der Waals surface area contributed by atoms with Gasteiger partial charge in [-0.05, 0) is 51.4 Å². The molecule has 2 spiro atoms. The van der Waals surface area contributed by atoms with Crippen LogP contribution in [0.3, 0.4) is 0 Å². The fourth-order valence-corrected chi connectivity index (χ4v) is 7.67. The zero-order valence-corrected chi connectivity index (χ0v) is 17.0. The maximum Gasteiger partial charge on any atom is 0.166 e. The van der Waals surface area contributed by atoms with Crippen LogP contribution in [0.1, 0.15) is 30.9 Å².